The van der Waals surface area contributed by atoms with Gasteiger partial charge in [0.15, 0.2) is 5.82 Å². The fourth-order valence-electron chi connectivity index (χ4n) is 4.23. The first kappa shape index (κ1) is 20.8. The number of hydrogen-bond donors (Lipinski definition) is 2. The Balaban J connectivity index is 1.71. The normalized spacial score (nSPS) is 24.8. The number of aromatic nitrogens is 1. The van der Waals surface area contributed by atoms with E-state index in [1.165, 1.54) is 32.1 Å². The number of aryl methyl sites for hydroxylation is 1. The standard InChI is InChI=1S/C22H35N5O/c1-16-13-20(24-11-9-17(2)23)22(25-14-16)27-12-10-19(21(15-27)28-3)26-18-7-5-4-6-8-18/h9,11,13-14,18-19,21,26H,4-8,10,12,15,23H2,1-3H3/t19-,21+/m1/s1. The summed E-state index contributed by atoms with van der Waals surface area (Å²) in [6, 6.07) is 3.13. The van der Waals surface area contributed by atoms with Gasteiger partial charge >= 0.3 is 0 Å². The Hall–Kier alpha value is -1.92. The van der Waals surface area contributed by atoms with Crippen molar-refractivity contribution in [1.29, 1.82) is 0 Å². The number of piperidine rings is 1. The van der Waals surface area contributed by atoms with E-state index in [4.69, 9.17) is 15.5 Å². The molecule has 2 aliphatic rings. The summed E-state index contributed by atoms with van der Waals surface area (Å²) in [4.78, 5) is 11.6. The highest BCUT2D eigenvalue weighted by molar-refractivity contribution is 5.78. The van der Waals surface area contributed by atoms with Gasteiger partial charge in [-0.15, -0.1) is 0 Å². The number of hydrogen-bond acceptors (Lipinski definition) is 6. The number of ether oxygens (including phenoxy) is 1. The topological polar surface area (TPSA) is 75.8 Å². The van der Waals surface area contributed by atoms with E-state index in [0.29, 0.717) is 12.1 Å². The van der Waals surface area contributed by atoms with Gasteiger partial charge in [0.05, 0.1) is 6.10 Å². The van der Waals surface area contributed by atoms with E-state index in [1.54, 1.807) is 6.21 Å². The molecule has 1 aliphatic heterocycles. The second kappa shape index (κ2) is 10.0. The monoisotopic (exact) mass is 385 g/mol. The molecule has 1 saturated carbocycles. The second-order valence-electron chi connectivity index (χ2n) is 8.16. The predicted octanol–water partition coefficient (Wildman–Crippen LogP) is 3.47. The van der Waals surface area contributed by atoms with Gasteiger partial charge in [-0.25, -0.2) is 4.98 Å². The third-order valence-electron chi connectivity index (χ3n) is 5.75. The minimum Gasteiger partial charge on any atom is -0.402 e. The van der Waals surface area contributed by atoms with Crippen LogP contribution in [-0.4, -0.2) is 49.6 Å². The summed E-state index contributed by atoms with van der Waals surface area (Å²) in [7, 11) is 1.82. The molecule has 1 aromatic heterocycles. The maximum atomic E-state index is 5.88. The zero-order chi connectivity index (χ0) is 19.9. The van der Waals surface area contributed by atoms with Crippen molar-refractivity contribution in [2.75, 3.05) is 25.1 Å². The SMILES string of the molecule is CO[C@H]1CN(c2ncc(C)cc2N=CC=C(C)N)CC[C@H]1NC1CCCCC1. The average molecular weight is 386 g/mol. The van der Waals surface area contributed by atoms with Crippen molar-refractivity contribution >= 4 is 17.7 Å². The van der Waals surface area contributed by atoms with Crippen LogP contribution in [0.15, 0.2) is 29.0 Å². The van der Waals surface area contributed by atoms with Gasteiger partial charge in [0.1, 0.15) is 5.69 Å². The number of allylic oxidation sites excluding steroid dienone is 2. The molecule has 0 spiro atoms. The number of nitrogens with two attached hydrogens (primary N) is 1. The smallest absolute Gasteiger partial charge is 0.154 e. The Labute approximate surface area is 169 Å². The van der Waals surface area contributed by atoms with E-state index in [0.717, 1.165) is 42.3 Å². The fraction of sp³-hybridized carbons (Fsp3) is 0.636. The largest absolute Gasteiger partial charge is 0.402 e. The quantitative estimate of drug-likeness (QED) is 0.734. The molecule has 28 heavy (non-hydrogen) atoms. The molecule has 2 atom stereocenters. The van der Waals surface area contributed by atoms with Crippen LogP contribution >= 0.6 is 0 Å². The number of rotatable bonds is 6. The zero-order valence-electron chi connectivity index (χ0n) is 17.5. The van der Waals surface area contributed by atoms with Gasteiger partial charge < -0.3 is 20.7 Å². The molecule has 3 N–H and O–H groups in total. The van der Waals surface area contributed by atoms with Crippen molar-refractivity contribution in [2.45, 2.75) is 70.6 Å². The van der Waals surface area contributed by atoms with E-state index in [9.17, 15) is 0 Å². The first-order valence-corrected chi connectivity index (χ1v) is 10.5. The molecule has 0 aromatic carbocycles. The molecule has 0 amide bonds. The molecule has 1 aromatic rings. The summed E-state index contributed by atoms with van der Waals surface area (Å²) in [6.45, 7) is 5.67. The molecule has 2 fully saturated rings. The van der Waals surface area contributed by atoms with Crippen molar-refractivity contribution in [1.82, 2.24) is 10.3 Å². The molecule has 1 saturated heterocycles. The van der Waals surface area contributed by atoms with E-state index < -0.39 is 0 Å². The molecule has 3 rings (SSSR count). The Morgan fingerprint density at radius 3 is 2.82 bits per heavy atom. The van der Waals surface area contributed by atoms with Crippen LogP contribution in [0, 0.1) is 6.92 Å². The van der Waals surface area contributed by atoms with Crippen LogP contribution in [0.4, 0.5) is 11.5 Å². The second-order valence-corrected chi connectivity index (χ2v) is 8.16. The molecular formula is C22H35N5O. The lowest BCUT2D eigenvalue weighted by molar-refractivity contribution is 0.0534. The summed E-state index contributed by atoms with van der Waals surface area (Å²) in [5.41, 5.74) is 8.43. The lowest BCUT2D eigenvalue weighted by Crippen LogP contribution is -2.56. The Bertz CT molecular complexity index is 692. The molecule has 2 heterocycles. The molecular weight excluding hydrogens is 350 g/mol. The van der Waals surface area contributed by atoms with Gasteiger partial charge in [-0.1, -0.05) is 19.3 Å². The lowest BCUT2D eigenvalue weighted by Gasteiger charge is -2.41. The molecule has 0 unspecified atom stereocenters. The predicted molar refractivity (Wildman–Crippen MR) is 116 cm³/mol. The van der Waals surface area contributed by atoms with Crippen LogP contribution in [0.2, 0.25) is 0 Å². The first-order valence-electron chi connectivity index (χ1n) is 10.5. The number of nitrogens with zero attached hydrogens (tertiary/aromatic N) is 3. The minimum absolute atomic E-state index is 0.154. The maximum Gasteiger partial charge on any atom is 0.154 e. The van der Waals surface area contributed by atoms with Gasteiger partial charge in [0.25, 0.3) is 0 Å². The van der Waals surface area contributed by atoms with Crippen molar-refractivity contribution in [3.05, 3.63) is 29.6 Å². The Morgan fingerprint density at radius 2 is 2.11 bits per heavy atom. The first-order chi connectivity index (χ1) is 13.6. The van der Waals surface area contributed by atoms with Crippen LogP contribution in [0.1, 0.15) is 51.0 Å². The van der Waals surface area contributed by atoms with E-state index in [1.807, 2.05) is 33.2 Å². The third-order valence-corrected chi connectivity index (χ3v) is 5.75. The number of aliphatic imine (C=N–C) groups is 1. The lowest BCUT2D eigenvalue weighted by atomic mass is 9.92. The van der Waals surface area contributed by atoms with E-state index in [-0.39, 0.29) is 6.10 Å². The van der Waals surface area contributed by atoms with Crippen LogP contribution in [0.3, 0.4) is 0 Å². The van der Waals surface area contributed by atoms with Crippen LogP contribution < -0.4 is 16.0 Å². The summed E-state index contributed by atoms with van der Waals surface area (Å²) in [5, 5.41) is 3.88. The van der Waals surface area contributed by atoms with Crippen molar-refractivity contribution in [3.63, 3.8) is 0 Å². The summed E-state index contributed by atoms with van der Waals surface area (Å²) >= 11 is 0. The zero-order valence-corrected chi connectivity index (χ0v) is 17.5. The number of methoxy groups -OCH3 is 1. The van der Waals surface area contributed by atoms with Crippen molar-refractivity contribution in [2.24, 2.45) is 10.7 Å². The Kier molecular flexibility index (Phi) is 7.45. The molecule has 154 valence electrons. The van der Waals surface area contributed by atoms with Crippen LogP contribution in [0.25, 0.3) is 0 Å². The fourth-order valence-corrected chi connectivity index (χ4v) is 4.23. The van der Waals surface area contributed by atoms with Crippen molar-refractivity contribution in [3.8, 4) is 0 Å². The minimum atomic E-state index is 0.154. The van der Waals surface area contributed by atoms with E-state index in [2.05, 4.69) is 21.3 Å². The maximum absolute atomic E-state index is 5.88. The van der Waals surface area contributed by atoms with Gasteiger partial charge in [-0.2, -0.15) is 0 Å². The average Bonchev–Trinajstić information content (AvgIpc) is 2.69. The molecule has 6 nitrogen and oxygen atoms in total. The third kappa shape index (κ3) is 5.55. The highest BCUT2D eigenvalue weighted by Gasteiger charge is 2.32. The molecule has 0 radical (unpaired) electrons. The van der Waals surface area contributed by atoms with Crippen LogP contribution in [-0.2, 0) is 4.74 Å². The molecule has 6 heteroatoms. The van der Waals surface area contributed by atoms with Gasteiger partial charge in [-0.3, -0.25) is 4.99 Å². The summed E-state index contributed by atoms with van der Waals surface area (Å²) < 4.78 is 5.88. The number of nitrogens with one attached hydrogen (secondary N) is 1. The molecule has 1 aliphatic carbocycles. The highest BCUT2D eigenvalue weighted by Crippen LogP contribution is 2.30. The van der Waals surface area contributed by atoms with Gasteiger partial charge in [0.2, 0.25) is 0 Å². The van der Waals surface area contributed by atoms with Gasteiger partial charge in [-0.05, 0) is 50.8 Å². The highest BCUT2D eigenvalue weighted by atomic mass is 16.5. The Morgan fingerprint density at radius 1 is 1.32 bits per heavy atom. The number of pyridine rings is 1. The van der Waals surface area contributed by atoms with Gasteiger partial charge in [0, 0.05) is 50.4 Å². The van der Waals surface area contributed by atoms with Crippen LogP contribution in [0.5, 0.6) is 0 Å². The number of anilines is 1. The summed E-state index contributed by atoms with van der Waals surface area (Å²) in [5.74, 6) is 0.920. The van der Waals surface area contributed by atoms with Crippen molar-refractivity contribution < 1.29 is 4.74 Å². The molecule has 0 bridgehead atoms. The summed E-state index contributed by atoms with van der Waals surface area (Å²) in [6.07, 6.45) is 13.3. The van der Waals surface area contributed by atoms with E-state index >= 15 is 0 Å².